The third kappa shape index (κ3) is 4.38. The standard InChI is InChI=1S/C21H20FN3O5S/c1-14-6-15(8-23)2-5-20(14)31(28,29)25-10-17(21(27,12-25)13-26)11-30-18-4-3-16(9-24)19(22)7-18/h2-7,17,26-27H,10-13H2,1H3/t17-,21-/m1/s1. The second kappa shape index (κ2) is 8.61. The third-order valence-corrected chi connectivity index (χ3v) is 7.31. The van der Waals surface area contributed by atoms with Gasteiger partial charge in [-0.25, -0.2) is 12.8 Å². The first kappa shape index (κ1) is 22.7. The Bertz CT molecular complexity index is 1190. The Balaban J connectivity index is 1.81. The predicted octanol–water partition coefficient (Wildman–Crippen LogP) is 1.30. The molecule has 1 saturated heterocycles. The first-order valence-electron chi connectivity index (χ1n) is 9.31. The van der Waals surface area contributed by atoms with E-state index in [-0.39, 0.29) is 35.9 Å². The van der Waals surface area contributed by atoms with Gasteiger partial charge in [0.05, 0.1) is 35.3 Å². The zero-order chi connectivity index (χ0) is 22.8. The summed E-state index contributed by atoms with van der Waals surface area (Å²) >= 11 is 0. The van der Waals surface area contributed by atoms with Crippen molar-refractivity contribution in [2.24, 2.45) is 5.92 Å². The fraction of sp³-hybridized carbons (Fsp3) is 0.333. The quantitative estimate of drug-likeness (QED) is 0.684. The van der Waals surface area contributed by atoms with E-state index in [4.69, 9.17) is 15.3 Å². The zero-order valence-electron chi connectivity index (χ0n) is 16.6. The van der Waals surface area contributed by atoms with Crippen LogP contribution in [0.15, 0.2) is 41.3 Å². The van der Waals surface area contributed by atoms with Crippen molar-refractivity contribution in [1.82, 2.24) is 4.31 Å². The van der Waals surface area contributed by atoms with Crippen LogP contribution in [0.25, 0.3) is 0 Å². The molecule has 0 bridgehead atoms. The van der Waals surface area contributed by atoms with E-state index >= 15 is 0 Å². The van der Waals surface area contributed by atoms with Gasteiger partial charge in [0.15, 0.2) is 0 Å². The van der Waals surface area contributed by atoms with E-state index in [0.29, 0.717) is 11.1 Å². The molecule has 0 aliphatic carbocycles. The van der Waals surface area contributed by atoms with Crippen LogP contribution in [-0.4, -0.2) is 54.8 Å². The van der Waals surface area contributed by atoms with Crippen molar-refractivity contribution in [3.63, 3.8) is 0 Å². The molecule has 2 aromatic rings. The SMILES string of the molecule is Cc1cc(C#N)ccc1S(=O)(=O)N1C[C@H](COc2ccc(C#N)c(F)c2)[C@](O)(CO)C1. The Kier molecular flexibility index (Phi) is 6.30. The van der Waals surface area contributed by atoms with Gasteiger partial charge in [-0.15, -0.1) is 0 Å². The lowest BCUT2D eigenvalue weighted by molar-refractivity contribution is -0.0452. The van der Waals surface area contributed by atoms with Gasteiger partial charge in [-0.1, -0.05) is 0 Å². The van der Waals surface area contributed by atoms with Crippen molar-refractivity contribution in [3.05, 3.63) is 58.9 Å². The average molecular weight is 445 g/mol. The van der Waals surface area contributed by atoms with E-state index in [1.807, 2.05) is 6.07 Å². The van der Waals surface area contributed by atoms with E-state index in [2.05, 4.69) is 0 Å². The fourth-order valence-electron chi connectivity index (χ4n) is 3.51. The molecule has 1 fully saturated rings. The molecule has 1 aliphatic heterocycles. The lowest BCUT2D eigenvalue weighted by Gasteiger charge is -2.26. The number of aryl methyl sites for hydroxylation is 1. The van der Waals surface area contributed by atoms with Gasteiger partial charge in [-0.2, -0.15) is 14.8 Å². The van der Waals surface area contributed by atoms with Crippen molar-refractivity contribution >= 4 is 10.0 Å². The van der Waals surface area contributed by atoms with E-state index in [1.54, 1.807) is 13.0 Å². The molecule has 31 heavy (non-hydrogen) atoms. The van der Waals surface area contributed by atoms with Crippen LogP contribution in [0, 0.1) is 41.3 Å². The highest BCUT2D eigenvalue weighted by Gasteiger charge is 2.49. The molecule has 0 unspecified atom stereocenters. The number of aliphatic hydroxyl groups is 2. The van der Waals surface area contributed by atoms with Crippen LogP contribution in [-0.2, 0) is 10.0 Å². The molecule has 0 saturated carbocycles. The predicted molar refractivity (Wildman–Crippen MR) is 107 cm³/mol. The minimum atomic E-state index is -4.01. The average Bonchev–Trinajstić information content (AvgIpc) is 3.10. The van der Waals surface area contributed by atoms with Crippen LogP contribution in [0.1, 0.15) is 16.7 Å². The van der Waals surface area contributed by atoms with Crippen LogP contribution in [0.5, 0.6) is 5.75 Å². The van der Waals surface area contributed by atoms with E-state index in [9.17, 15) is 23.0 Å². The summed E-state index contributed by atoms with van der Waals surface area (Å²) in [5, 5.41) is 38.3. The van der Waals surface area contributed by atoms with Crippen LogP contribution < -0.4 is 4.74 Å². The second-order valence-corrected chi connectivity index (χ2v) is 9.32. The maximum absolute atomic E-state index is 13.8. The van der Waals surface area contributed by atoms with E-state index in [1.165, 1.54) is 30.3 Å². The number of rotatable bonds is 6. The maximum Gasteiger partial charge on any atom is 0.243 e. The Hall–Kier alpha value is -3.02. The number of β-amino-alcohol motifs (C(OH)–C–C–N with tert-alkyl or cyclic N) is 1. The van der Waals surface area contributed by atoms with Gasteiger partial charge in [-0.05, 0) is 42.8 Å². The molecule has 0 aromatic heterocycles. The molecule has 0 radical (unpaired) electrons. The summed E-state index contributed by atoms with van der Waals surface area (Å²) in [5.41, 5.74) is -1.18. The Morgan fingerprint density at radius 2 is 2.00 bits per heavy atom. The van der Waals surface area contributed by atoms with Crippen molar-refractivity contribution in [1.29, 1.82) is 10.5 Å². The molecule has 1 heterocycles. The highest BCUT2D eigenvalue weighted by Crippen LogP contribution is 2.33. The topological polar surface area (TPSA) is 135 Å². The fourth-order valence-corrected chi connectivity index (χ4v) is 5.26. The van der Waals surface area contributed by atoms with Crippen LogP contribution >= 0.6 is 0 Å². The van der Waals surface area contributed by atoms with Crippen molar-refractivity contribution in [2.45, 2.75) is 17.4 Å². The van der Waals surface area contributed by atoms with Gasteiger partial charge in [-0.3, -0.25) is 0 Å². The summed E-state index contributed by atoms with van der Waals surface area (Å²) in [6.45, 7) is 0.225. The molecule has 2 N–H and O–H groups in total. The summed E-state index contributed by atoms with van der Waals surface area (Å²) in [6, 6.07) is 11.5. The van der Waals surface area contributed by atoms with Crippen LogP contribution in [0.4, 0.5) is 4.39 Å². The van der Waals surface area contributed by atoms with Gasteiger partial charge in [0, 0.05) is 25.1 Å². The maximum atomic E-state index is 13.8. The summed E-state index contributed by atoms with van der Waals surface area (Å²) in [5.74, 6) is -1.44. The minimum Gasteiger partial charge on any atom is -0.493 e. The number of aliphatic hydroxyl groups excluding tert-OH is 1. The summed E-state index contributed by atoms with van der Waals surface area (Å²) in [4.78, 5) is 0.00233. The number of sulfonamides is 1. The largest absolute Gasteiger partial charge is 0.493 e. The molecule has 0 spiro atoms. The lowest BCUT2D eigenvalue weighted by Crippen LogP contribution is -2.44. The van der Waals surface area contributed by atoms with Gasteiger partial charge in [0.1, 0.15) is 23.2 Å². The lowest BCUT2D eigenvalue weighted by atomic mass is 9.92. The zero-order valence-corrected chi connectivity index (χ0v) is 17.4. The molecule has 2 atom stereocenters. The molecule has 3 rings (SSSR count). The Morgan fingerprint density at radius 3 is 2.58 bits per heavy atom. The highest BCUT2D eigenvalue weighted by molar-refractivity contribution is 7.89. The summed E-state index contributed by atoms with van der Waals surface area (Å²) < 4.78 is 46.6. The van der Waals surface area contributed by atoms with Crippen molar-refractivity contribution in [2.75, 3.05) is 26.3 Å². The first-order chi connectivity index (χ1) is 14.6. The smallest absolute Gasteiger partial charge is 0.243 e. The van der Waals surface area contributed by atoms with E-state index < -0.39 is 34.0 Å². The Labute approximate surface area is 179 Å². The first-order valence-corrected chi connectivity index (χ1v) is 10.7. The second-order valence-electron chi connectivity index (χ2n) is 7.41. The van der Waals surface area contributed by atoms with Gasteiger partial charge in [0.25, 0.3) is 0 Å². The number of ether oxygens (including phenoxy) is 1. The number of halogens is 1. The van der Waals surface area contributed by atoms with Gasteiger partial charge >= 0.3 is 0 Å². The molecule has 1 aliphatic rings. The third-order valence-electron chi connectivity index (χ3n) is 5.34. The molecule has 2 aromatic carbocycles. The highest BCUT2D eigenvalue weighted by atomic mass is 32.2. The molecule has 0 amide bonds. The van der Waals surface area contributed by atoms with E-state index in [0.717, 1.165) is 10.4 Å². The van der Waals surface area contributed by atoms with Gasteiger partial charge < -0.3 is 14.9 Å². The van der Waals surface area contributed by atoms with Crippen LogP contribution in [0.2, 0.25) is 0 Å². The molecular weight excluding hydrogens is 425 g/mol. The van der Waals surface area contributed by atoms with Crippen molar-refractivity contribution in [3.8, 4) is 17.9 Å². The number of nitriles is 2. The van der Waals surface area contributed by atoms with Crippen LogP contribution in [0.3, 0.4) is 0 Å². The summed E-state index contributed by atoms with van der Waals surface area (Å²) in [6.07, 6.45) is 0. The number of benzene rings is 2. The number of hydrogen-bond acceptors (Lipinski definition) is 7. The summed E-state index contributed by atoms with van der Waals surface area (Å²) in [7, 11) is -4.01. The normalized spacial score (nSPS) is 21.4. The van der Waals surface area contributed by atoms with Crippen molar-refractivity contribution < 1.29 is 27.8 Å². The molecule has 162 valence electrons. The molecule has 10 heteroatoms. The number of hydrogen-bond donors (Lipinski definition) is 2. The Morgan fingerprint density at radius 1 is 1.26 bits per heavy atom. The minimum absolute atomic E-state index is 0.00233. The number of nitrogens with zero attached hydrogens (tertiary/aromatic N) is 3. The van der Waals surface area contributed by atoms with Gasteiger partial charge in [0.2, 0.25) is 10.0 Å². The monoisotopic (exact) mass is 445 g/mol. The molecule has 8 nitrogen and oxygen atoms in total. The molecular formula is C21H20FN3O5S.